The second-order valence-electron chi connectivity index (χ2n) is 3.98. The monoisotopic (exact) mass is 251 g/mol. The molecule has 4 heteroatoms. The minimum Gasteiger partial charge on any atom is -0.463 e. The van der Waals surface area contributed by atoms with E-state index in [2.05, 4.69) is 11.9 Å². The van der Waals surface area contributed by atoms with E-state index in [1.165, 1.54) is 12.1 Å². The Morgan fingerprint density at radius 1 is 1.44 bits per heavy atom. The van der Waals surface area contributed by atoms with Crippen LogP contribution >= 0.6 is 0 Å². The van der Waals surface area contributed by atoms with Gasteiger partial charge in [0, 0.05) is 18.2 Å². The van der Waals surface area contributed by atoms with Crippen LogP contribution in [0, 0.1) is 5.82 Å². The number of hydrogen-bond acceptors (Lipinski definition) is 3. The number of nitrogens with one attached hydrogen (secondary N) is 1. The van der Waals surface area contributed by atoms with E-state index in [0.29, 0.717) is 18.7 Å². The van der Waals surface area contributed by atoms with E-state index in [1.54, 1.807) is 19.1 Å². The van der Waals surface area contributed by atoms with Crippen molar-refractivity contribution in [3.8, 4) is 0 Å². The third-order valence-electron chi connectivity index (χ3n) is 2.56. The van der Waals surface area contributed by atoms with E-state index in [-0.39, 0.29) is 11.9 Å². The second kappa shape index (κ2) is 6.91. The Kier molecular flexibility index (Phi) is 5.52. The zero-order valence-corrected chi connectivity index (χ0v) is 10.7. The Labute approximate surface area is 107 Å². The zero-order chi connectivity index (χ0) is 13.5. The summed E-state index contributed by atoms with van der Waals surface area (Å²) >= 11 is 0. The van der Waals surface area contributed by atoms with Crippen molar-refractivity contribution < 1.29 is 13.9 Å². The van der Waals surface area contributed by atoms with Gasteiger partial charge in [-0.05, 0) is 31.5 Å². The molecule has 0 bridgehead atoms. The number of halogens is 1. The number of carbonyl (C=O) groups is 1. The quantitative estimate of drug-likeness (QED) is 0.624. The van der Waals surface area contributed by atoms with E-state index >= 15 is 0 Å². The topological polar surface area (TPSA) is 38.3 Å². The van der Waals surface area contributed by atoms with Crippen LogP contribution in [-0.4, -0.2) is 19.1 Å². The molecular formula is C14H18FNO2. The van der Waals surface area contributed by atoms with Crippen LogP contribution in [0.1, 0.15) is 25.5 Å². The molecule has 0 unspecified atom stereocenters. The van der Waals surface area contributed by atoms with E-state index in [1.807, 2.05) is 6.92 Å². The van der Waals surface area contributed by atoms with Gasteiger partial charge in [0.05, 0.1) is 6.61 Å². The molecule has 0 saturated heterocycles. The van der Waals surface area contributed by atoms with Gasteiger partial charge in [0.25, 0.3) is 0 Å². The van der Waals surface area contributed by atoms with Gasteiger partial charge in [0.2, 0.25) is 0 Å². The lowest BCUT2D eigenvalue weighted by Crippen LogP contribution is -2.24. The summed E-state index contributed by atoms with van der Waals surface area (Å²) in [6, 6.07) is 6.25. The summed E-state index contributed by atoms with van der Waals surface area (Å²) in [5, 5.41) is 3.13. The molecule has 18 heavy (non-hydrogen) atoms. The van der Waals surface area contributed by atoms with Crippen molar-refractivity contribution in [3.63, 3.8) is 0 Å². The highest BCUT2D eigenvalue weighted by Crippen LogP contribution is 2.12. The molecule has 0 saturated carbocycles. The fourth-order valence-electron chi connectivity index (χ4n) is 1.45. The molecule has 0 spiro atoms. The third-order valence-corrected chi connectivity index (χ3v) is 2.56. The normalized spacial score (nSPS) is 11.9. The zero-order valence-electron chi connectivity index (χ0n) is 10.7. The summed E-state index contributed by atoms with van der Waals surface area (Å²) in [6.07, 6.45) is 0. The number of carbonyl (C=O) groups excluding carboxylic acids is 1. The first kappa shape index (κ1) is 14.4. The Morgan fingerprint density at radius 3 is 2.61 bits per heavy atom. The van der Waals surface area contributed by atoms with Gasteiger partial charge in [-0.1, -0.05) is 18.7 Å². The average molecular weight is 251 g/mol. The molecule has 0 amide bonds. The maximum absolute atomic E-state index is 12.8. The predicted molar refractivity (Wildman–Crippen MR) is 68.6 cm³/mol. The molecule has 0 aliphatic rings. The molecule has 1 aromatic carbocycles. The first-order chi connectivity index (χ1) is 8.54. The van der Waals surface area contributed by atoms with Crippen molar-refractivity contribution in [2.24, 2.45) is 0 Å². The first-order valence-electron chi connectivity index (χ1n) is 5.88. The molecule has 0 radical (unpaired) electrons. The molecule has 0 aliphatic carbocycles. The van der Waals surface area contributed by atoms with Crippen LogP contribution in [-0.2, 0) is 9.53 Å². The lowest BCUT2D eigenvalue weighted by molar-refractivity contribution is -0.138. The molecule has 98 valence electrons. The average Bonchev–Trinajstić information content (AvgIpc) is 2.36. The number of ether oxygens (including phenoxy) is 1. The lowest BCUT2D eigenvalue weighted by atomic mass is 10.1. The van der Waals surface area contributed by atoms with Crippen LogP contribution in [0.4, 0.5) is 4.39 Å². The molecule has 1 atom stereocenters. The van der Waals surface area contributed by atoms with Crippen LogP contribution in [0.25, 0.3) is 0 Å². The standard InChI is InChI=1S/C14H18FNO2/c1-4-18-14(17)10(2)9-16-11(3)12-5-7-13(15)8-6-12/h5-8,11,16H,2,4,9H2,1,3H3/t11-/m0/s1. The van der Waals surface area contributed by atoms with Gasteiger partial charge in [-0.25, -0.2) is 9.18 Å². The van der Waals surface area contributed by atoms with Crippen molar-refractivity contribution in [2.45, 2.75) is 19.9 Å². The van der Waals surface area contributed by atoms with Gasteiger partial charge in [0.15, 0.2) is 0 Å². The molecule has 0 aromatic heterocycles. The fraction of sp³-hybridized carbons (Fsp3) is 0.357. The van der Waals surface area contributed by atoms with Crippen molar-refractivity contribution >= 4 is 5.97 Å². The van der Waals surface area contributed by atoms with Crippen molar-refractivity contribution in [1.29, 1.82) is 0 Å². The minimum absolute atomic E-state index is 0.0109. The van der Waals surface area contributed by atoms with Gasteiger partial charge in [-0.15, -0.1) is 0 Å². The molecular weight excluding hydrogens is 233 g/mol. The lowest BCUT2D eigenvalue weighted by Gasteiger charge is -2.14. The van der Waals surface area contributed by atoms with Gasteiger partial charge in [-0.2, -0.15) is 0 Å². The highest BCUT2D eigenvalue weighted by atomic mass is 19.1. The molecule has 1 rings (SSSR count). The van der Waals surface area contributed by atoms with Crippen molar-refractivity contribution in [3.05, 3.63) is 47.8 Å². The van der Waals surface area contributed by atoms with Crippen LogP contribution in [0.5, 0.6) is 0 Å². The van der Waals surface area contributed by atoms with Crippen LogP contribution in [0.3, 0.4) is 0 Å². The molecule has 3 nitrogen and oxygen atoms in total. The van der Waals surface area contributed by atoms with E-state index in [9.17, 15) is 9.18 Å². The van der Waals surface area contributed by atoms with Gasteiger partial charge in [0.1, 0.15) is 5.82 Å². The summed E-state index contributed by atoms with van der Waals surface area (Å²) in [5.41, 5.74) is 1.33. The minimum atomic E-state index is -0.392. The second-order valence-corrected chi connectivity index (χ2v) is 3.98. The van der Waals surface area contributed by atoms with Crippen LogP contribution in [0.2, 0.25) is 0 Å². The number of rotatable bonds is 6. The SMILES string of the molecule is C=C(CN[C@@H](C)c1ccc(F)cc1)C(=O)OCC. The first-order valence-corrected chi connectivity index (χ1v) is 5.88. The summed E-state index contributed by atoms with van der Waals surface area (Å²) in [7, 11) is 0. The number of hydrogen-bond donors (Lipinski definition) is 1. The Balaban J connectivity index is 2.46. The summed E-state index contributed by atoms with van der Waals surface area (Å²) in [4.78, 5) is 11.3. The number of esters is 1. The molecule has 0 fully saturated rings. The third kappa shape index (κ3) is 4.30. The summed E-state index contributed by atoms with van der Waals surface area (Å²) < 4.78 is 17.6. The summed E-state index contributed by atoms with van der Waals surface area (Å²) in [6.45, 7) is 8.03. The highest BCUT2D eigenvalue weighted by molar-refractivity contribution is 5.88. The van der Waals surface area contributed by atoms with Crippen LogP contribution in [0.15, 0.2) is 36.4 Å². The molecule has 1 aromatic rings. The fourth-order valence-corrected chi connectivity index (χ4v) is 1.45. The molecule has 0 heterocycles. The highest BCUT2D eigenvalue weighted by Gasteiger charge is 2.10. The molecule has 0 aliphatic heterocycles. The Hall–Kier alpha value is -1.68. The number of benzene rings is 1. The Morgan fingerprint density at radius 2 is 2.06 bits per heavy atom. The van der Waals surface area contributed by atoms with E-state index in [4.69, 9.17) is 4.74 Å². The van der Waals surface area contributed by atoms with Crippen molar-refractivity contribution in [1.82, 2.24) is 5.32 Å². The van der Waals surface area contributed by atoms with Gasteiger partial charge < -0.3 is 10.1 Å². The van der Waals surface area contributed by atoms with Crippen LogP contribution < -0.4 is 5.32 Å². The molecule has 1 N–H and O–H groups in total. The Bertz CT molecular complexity index is 414. The summed E-state index contributed by atoms with van der Waals surface area (Å²) in [5.74, 6) is -0.654. The van der Waals surface area contributed by atoms with Gasteiger partial charge in [-0.3, -0.25) is 0 Å². The van der Waals surface area contributed by atoms with Crippen molar-refractivity contribution in [2.75, 3.05) is 13.2 Å². The largest absolute Gasteiger partial charge is 0.463 e. The van der Waals surface area contributed by atoms with E-state index in [0.717, 1.165) is 5.56 Å². The van der Waals surface area contributed by atoms with Gasteiger partial charge >= 0.3 is 5.97 Å². The van der Waals surface area contributed by atoms with E-state index < -0.39 is 5.97 Å². The maximum atomic E-state index is 12.8. The smallest absolute Gasteiger partial charge is 0.334 e. The maximum Gasteiger partial charge on any atom is 0.334 e. The predicted octanol–water partition coefficient (Wildman–Crippen LogP) is 2.60.